The molecule has 0 radical (unpaired) electrons. The number of anilines is 1. The molecule has 2 rings (SSSR count). The van der Waals surface area contributed by atoms with Gasteiger partial charge in [0.2, 0.25) is 0 Å². The van der Waals surface area contributed by atoms with E-state index < -0.39 is 18.0 Å². The highest BCUT2D eigenvalue weighted by molar-refractivity contribution is 6.35. The molecule has 0 saturated heterocycles. The lowest BCUT2D eigenvalue weighted by Crippen LogP contribution is -2.30. The molecule has 2 N–H and O–H groups in total. The SMILES string of the molecule is COc1cc(NC(=O)[C@@H](C)Oc2ccc(Cl)cc2Cl)c(C(=O)O)cc1OC. The van der Waals surface area contributed by atoms with Gasteiger partial charge < -0.3 is 24.6 Å². The van der Waals surface area contributed by atoms with Crippen LogP contribution < -0.4 is 19.5 Å². The predicted molar refractivity (Wildman–Crippen MR) is 102 cm³/mol. The van der Waals surface area contributed by atoms with Crippen molar-refractivity contribution in [1.82, 2.24) is 0 Å². The fourth-order valence-electron chi connectivity index (χ4n) is 2.21. The third kappa shape index (κ3) is 4.96. The summed E-state index contributed by atoms with van der Waals surface area (Å²) < 4.78 is 15.8. The topological polar surface area (TPSA) is 94.1 Å². The molecule has 2 aromatic carbocycles. The van der Waals surface area contributed by atoms with Gasteiger partial charge in [-0.15, -0.1) is 0 Å². The average Bonchev–Trinajstić information content (AvgIpc) is 2.63. The van der Waals surface area contributed by atoms with Crippen LogP contribution in [0.3, 0.4) is 0 Å². The Labute approximate surface area is 165 Å². The predicted octanol–water partition coefficient (Wildman–Crippen LogP) is 4.11. The maximum atomic E-state index is 12.5. The van der Waals surface area contributed by atoms with Crippen molar-refractivity contribution in [3.8, 4) is 17.2 Å². The summed E-state index contributed by atoms with van der Waals surface area (Å²) in [6.07, 6.45) is -0.960. The Morgan fingerprint density at radius 3 is 2.22 bits per heavy atom. The highest BCUT2D eigenvalue weighted by Gasteiger charge is 2.22. The number of amides is 1. The fourth-order valence-corrected chi connectivity index (χ4v) is 2.66. The second-order valence-corrected chi connectivity index (χ2v) is 6.23. The molecule has 0 fully saturated rings. The summed E-state index contributed by atoms with van der Waals surface area (Å²) in [7, 11) is 2.78. The number of carbonyl (C=O) groups is 2. The van der Waals surface area contributed by atoms with Crippen molar-refractivity contribution in [3.63, 3.8) is 0 Å². The van der Waals surface area contributed by atoms with Crippen LogP contribution in [-0.4, -0.2) is 37.3 Å². The summed E-state index contributed by atoms with van der Waals surface area (Å²) in [5.74, 6) is -1.04. The number of methoxy groups -OCH3 is 2. The van der Waals surface area contributed by atoms with Crippen molar-refractivity contribution < 1.29 is 28.9 Å². The molecule has 7 nitrogen and oxygen atoms in total. The van der Waals surface area contributed by atoms with Crippen LogP contribution in [0.25, 0.3) is 0 Å². The average molecular weight is 414 g/mol. The van der Waals surface area contributed by atoms with E-state index >= 15 is 0 Å². The smallest absolute Gasteiger partial charge is 0.337 e. The van der Waals surface area contributed by atoms with Crippen LogP contribution in [0.2, 0.25) is 10.0 Å². The number of rotatable bonds is 7. The van der Waals surface area contributed by atoms with Gasteiger partial charge in [0, 0.05) is 17.2 Å². The lowest BCUT2D eigenvalue weighted by molar-refractivity contribution is -0.122. The van der Waals surface area contributed by atoms with E-state index in [9.17, 15) is 14.7 Å². The molecule has 0 aromatic heterocycles. The Bertz CT molecular complexity index is 871. The molecule has 0 unspecified atom stereocenters. The molecule has 9 heteroatoms. The van der Waals surface area contributed by atoms with Gasteiger partial charge in [0.15, 0.2) is 17.6 Å². The molecule has 144 valence electrons. The molecule has 0 bridgehead atoms. The zero-order chi connectivity index (χ0) is 20.1. The molecule has 27 heavy (non-hydrogen) atoms. The molecular formula is C18H17Cl2NO6. The van der Waals surface area contributed by atoms with E-state index in [1.165, 1.54) is 45.4 Å². The quantitative estimate of drug-likeness (QED) is 0.708. The Kier molecular flexibility index (Phi) is 6.76. The van der Waals surface area contributed by atoms with Gasteiger partial charge in [-0.3, -0.25) is 4.79 Å². The minimum atomic E-state index is -1.24. The molecule has 0 aliphatic carbocycles. The first-order valence-electron chi connectivity index (χ1n) is 7.68. The number of hydrogen-bond donors (Lipinski definition) is 2. The highest BCUT2D eigenvalue weighted by atomic mass is 35.5. The first-order valence-corrected chi connectivity index (χ1v) is 8.44. The van der Waals surface area contributed by atoms with E-state index in [1.807, 2.05) is 0 Å². The summed E-state index contributed by atoms with van der Waals surface area (Å²) in [6.45, 7) is 1.50. The number of hydrogen-bond acceptors (Lipinski definition) is 5. The van der Waals surface area contributed by atoms with E-state index in [1.54, 1.807) is 6.07 Å². The number of carboxylic acids is 1. The third-order valence-corrected chi connectivity index (χ3v) is 4.11. The lowest BCUT2D eigenvalue weighted by Gasteiger charge is -2.18. The van der Waals surface area contributed by atoms with Gasteiger partial charge in [0.05, 0.1) is 30.5 Å². The normalized spacial score (nSPS) is 11.4. The maximum Gasteiger partial charge on any atom is 0.337 e. The molecule has 0 aliphatic rings. The number of carboxylic acid groups (broad SMARTS) is 1. The van der Waals surface area contributed by atoms with Crippen molar-refractivity contribution in [3.05, 3.63) is 45.9 Å². The van der Waals surface area contributed by atoms with Crippen molar-refractivity contribution in [2.75, 3.05) is 19.5 Å². The number of carbonyl (C=O) groups excluding carboxylic acids is 1. The van der Waals surface area contributed by atoms with Crippen LogP contribution in [0.4, 0.5) is 5.69 Å². The van der Waals surface area contributed by atoms with Gasteiger partial charge in [0.1, 0.15) is 5.75 Å². The van der Waals surface area contributed by atoms with Crippen LogP contribution in [0.1, 0.15) is 17.3 Å². The van der Waals surface area contributed by atoms with Crippen molar-refractivity contribution >= 4 is 40.8 Å². The second kappa shape index (κ2) is 8.83. The number of nitrogens with one attached hydrogen (secondary N) is 1. The van der Waals surface area contributed by atoms with Crippen molar-refractivity contribution in [2.24, 2.45) is 0 Å². The van der Waals surface area contributed by atoms with Crippen LogP contribution in [-0.2, 0) is 4.79 Å². The Hall–Kier alpha value is -2.64. The molecular weight excluding hydrogens is 397 g/mol. The van der Waals surface area contributed by atoms with E-state index in [4.69, 9.17) is 37.4 Å². The maximum absolute atomic E-state index is 12.5. The lowest BCUT2D eigenvalue weighted by atomic mass is 10.1. The number of halogens is 2. The Balaban J connectivity index is 2.24. The second-order valence-electron chi connectivity index (χ2n) is 5.38. The Morgan fingerprint density at radius 2 is 1.67 bits per heavy atom. The number of ether oxygens (including phenoxy) is 3. The van der Waals surface area contributed by atoms with Gasteiger partial charge in [-0.2, -0.15) is 0 Å². The monoisotopic (exact) mass is 413 g/mol. The Morgan fingerprint density at radius 1 is 1.04 bits per heavy atom. The summed E-state index contributed by atoms with van der Waals surface area (Å²) in [5.41, 5.74) is -0.111. The zero-order valence-corrected chi connectivity index (χ0v) is 16.2. The van der Waals surface area contributed by atoms with Crippen LogP contribution in [0.5, 0.6) is 17.2 Å². The zero-order valence-electron chi connectivity index (χ0n) is 14.7. The first kappa shape index (κ1) is 20.7. The minimum absolute atomic E-state index is 0.0443. The van der Waals surface area contributed by atoms with E-state index in [0.29, 0.717) is 5.02 Å². The van der Waals surface area contributed by atoms with Gasteiger partial charge in [-0.05, 0) is 25.1 Å². The molecule has 0 spiro atoms. The van der Waals surface area contributed by atoms with Crippen LogP contribution in [0.15, 0.2) is 30.3 Å². The van der Waals surface area contributed by atoms with E-state index in [0.717, 1.165) is 0 Å². The molecule has 0 aliphatic heterocycles. The standard InChI is InChI=1S/C18H17Cl2NO6/c1-9(27-14-5-4-10(19)6-12(14)20)17(22)21-13-8-16(26-3)15(25-2)7-11(13)18(23)24/h4-9H,1-3H3,(H,21,22)(H,23,24)/t9-/m1/s1. The third-order valence-electron chi connectivity index (χ3n) is 3.58. The summed E-state index contributed by atoms with van der Waals surface area (Å²) >= 11 is 11.9. The fraction of sp³-hybridized carbons (Fsp3) is 0.222. The van der Waals surface area contributed by atoms with Crippen LogP contribution >= 0.6 is 23.2 Å². The van der Waals surface area contributed by atoms with Crippen LogP contribution in [0, 0.1) is 0 Å². The van der Waals surface area contributed by atoms with Gasteiger partial charge in [-0.1, -0.05) is 23.2 Å². The van der Waals surface area contributed by atoms with Gasteiger partial charge in [0.25, 0.3) is 5.91 Å². The number of aromatic carboxylic acids is 1. The van der Waals surface area contributed by atoms with Gasteiger partial charge in [-0.25, -0.2) is 4.79 Å². The molecule has 0 saturated carbocycles. The van der Waals surface area contributed by atoms with E-state index in [-0.39, 0.29) is 33.5 Å². The summed E-state index contributed by atoms with van der Waals surface area (Å²) in [6, 6.07) is 7.22. The minimum Gasteiger partial charge on any atom is -0.493 e. The van der Waals surface area contributed by atoms with E-state index in [2.05, 4.69) is 5.32 Å². The molecule has 1 amide bonds. The molecule has 1 atom stereocenters. The van der Waals surface area contributed by atoms with Crippen molar-refractivity contribution in [2.45, 2.75) is 13.0 Å². The highest BCUT2D eigenvalue weighted by Crippen LogP contribution is 2.34. The summed E-state index contributed by atoms with van der Waals surface area (Å²) in [4.78, 5) is 24.0. The van der Waals surface area contributed by atoms with Gasteiger partial charge >= 0.3 is 5.97 Å². The number of benzene rings is 2. The molecule has 2 aromatic rings. The van der Waals surface area contributed by atoms with Crippen molar-refractivity contribution in [1.29, 1.82) is 0 Å². The largest absolute Gasteiger partial charge is 0.493 e. The molecule has 0 heterocycles. The summed E-state index contributed by atoms with van der Waals surface area (Å²) in [5, 5.41) is 12.6. The first-order chi connectivity index (χ1) is 12.8.